The number of rotatable bonds is 3. The van der Waals surface area contributed by atoms with Crippen molar-refractivity contribution in [1.82, 2.24) is 14.9 Å². The van der Waals surface area contributed by atoms with Crippen molar-refractivity contribution < 1.29 is 14.1 Å². The van der Waals surface area contributed by atoms with Crippen LogP contribution in [0.5, 0.6) is 0 Å². The Morgan fingerprint density at radius 3 is 2.61 bits per heavy atom. The summed E-state index contributed by atoms with van der Waals surface area (Å²) < 4.78 is 14.7. The van der Waals surface area contributed by atoms with Gasteiger partial charge >= 0.3 is 0 Å². The molecule has 1 aromatic carbocycles. The van der Waals surface area contributed by atoms with E-state index < -0.39 is 10.7 Å². The van der Waals surface area contributed by atoms with Crippen LogP contribution in [0.25, 0.3) is 10.9 Å². The first-order valence-electron chi connectivity index (χ1n) is 8.55. The van der Waals surface area contributed by atoms with Crippen LogP contribution in [0.1, 0.15) is 10.5 Å². The molecular formula is C18H15BrFN5O3. The second kappa shape index (κ2) is 7.19. The number of pyridine rings is 1. The maximum Gasteiger partial charge on any atom is 0.287 e. The number of hydrogen-bond acceptors (Lipinski definition) is 5. The Balaban J connectivity index is 1.45. The monoisotopic (exact) mass is 447 g/mol. The average molecular weight is 448 g/mol. The first-order valence-corrected chi connectivity index (χ1v) is 9.34. The zero-order chi connectivity index (χ0) is 19.8. The van der Waals surface area contributed by atoms with Crippen molar-refractivity contribution in [3.8, 4) is 0 Å². The van der Waals surface area contributed by atoms with Gasteiger partial charge in [0.25, 0.3) is 11.6 Å². The van der Waals surface area contributed by atoms with Gasteiger partial charge in [-0.2, -0.15) is 0 Å². The highest BCUT2D eigenvalue weighted by Crippen LogP contribution is 2.25. The number of anilines is 1. The molecule has 144 valence electrons. The van der Waals surface area contributed by atoms with Crippen LogP contribution in [-0.2, 0) is 0 Å². The summed E-state index contributed by atoms with van der Waals surface area (Å²) in [6, 6.07) is 7.64. The van der Waals surface area contributed by atoms with Crippen LogP contribution in [-0.4, -0.2) is 51.9 Å². The minimum Gasteiger partial charge on any atom is -0.353 e. The molecule has 0 aliphatic carbocycles. The number of carbonyl (C=O) groups excluding carboxylic acids is 1. The van der Waals surface area contributed by atoms with E-state index in [2.05, 4.69) is 25.9 Å². The number of nitro groups is 1. The Labute approximate surface area is 167 Å². The summed E-state index contributed by atoms with van der Waals surface area (Å²) in [5.41, 5.74) is 0.841. The van der Waals surface area contributed by atoms with Crippen LogP contribution < -0.4 is 4.90 Å². The van der Waals surface area contributed by atoms with Crippen molar-refractivity contribution in [2.45, 2.75) is 0 Å². The standard InChI is InChI=1S/C18H15BrFN5O3/c19-11-7-14(20)13-9-16(22-15(13)8-11)18(26)24-5-3-23(4-6-24)17-2-1-12(10-21-17)25(27)28/h1-2,7-10,22H,3-6H2. The number of aromatic nitrogens is 2. The lowest BCUT2D eigenvalue weighted by Crippen LogP contribution is -2.49. The first kappa shape index (κ1) is 18.4. The smallest absolute Gasteiger partial charge is 0.287 e. The van der Waals surface area contributed by atoms with Gasteiger partial charge in [0.15, 0.2) is 0 Å². The van der Waals surface area contributed by atoms with Gasteiger partial charge in [-0.3, -0.25) is 14.9 Å². The molecule has 1 saturated heterocycles. The van der Waals surface area contributed by atoms with Crippen molar-refractivity contribution in [1.29, 1.82) is 0 Å². The largest absolute Gasteiger partial charge is 0.353 e. The minimum atomic E-state index is -0.491. The van der Waals surface area contributed by atoms with E-state index in [1.54, 1.807) is 17.0 Å². The highest BCUT2D eigenvalue weighted by atomic mass is 79.9. The Bertz CT molecular complexity index is 1060. The van der Waals surface area contributed by atoms with Gasteiger partial charge in [0, 0.05) is 42.1 Å². The Morgan fingerprint density at radius 2 is 1.96 bits per heavy atom. The van der Waals surface area contributed by atoms with E-state index in [1.165, 1.54) is 24.4 Å². The van der Waals surface area contributed by atoms with Crippen molar-refractivity contribution in [3.63, 3.8) is 0 Å². The molecular weight excluding hydrogens is 433 g/mol. The van der Waals surface area contributed by atoms with Gasteiger partial charge in [0.05, 0.1) is 10.4 Å². The normalized spacial score (nSPS) is 14.5. The predicted molar refractivity (Wildman–Crippen MR) is 105 cm³/mol. The third-order valence-electron chi connectivity index (χ3n) is 4.72. The van der Waals surface area contributed by atoms with Crippen LogP contribution >= 0.6 is 15.9 Å². The van der Waals surface area contributed by atoms with E-state index >= 15 is 0 Å². The van der Waals surface area contributed by atoms with Gasteiger partial charge in [-0.15, -0.1) is 0 Å². The van der Waals surface area contributed by atoms with E-state index in [4.69, 9.17) is 0 Å². The molecule has 0 atom stereocenters. The molecule has 1 aliphatic rings. The van der Waals surface area contributed by atoms with E-state index in [1.807, 2.05) is 4.90 Å². The van der Waals surface area contributed by atoms with E-state index in [9.17, 15) is 19.3 Å². The van der Waals surface area contributed by atoms with E-state index in [-0.39, 0.29) is 11.6 Å². The van der Waals surface area contributed by atoms with Crippen LogP contribution in [0.3, 0.4) is 0 Å². The molecule has 28 heavy (non-hydrogen) atoms. The Hall–Kier alpha value is -3.01. The summed E-state index contributed by atoms with van der Waals surface area (Å²) >= 11 is 3.24. The minimum absolute atomic E-state index is 0.0600. The maximum absolute atomic E-state index is 14.1. The number of nitrogens with one attached hydrogen (secondary N) is 1. The number of hydrogen-bond donors (Lipinski definition) is 1. The first-order chi connectivity index (χ1) is 13.4. The van der Waals surface area contributed by atoms with Crippen molar-refractivity contribution in [2.24, 2.45) is 0 Å². The molecule has 4 rings (SSSR count). The SMILES string of the molecule is O=C(c1cc2c(F)cc(Br)cc2[nH]1)N1CCN(c2ccc([N+](=O)[O-])cn2)CC1. The lowest BCUT2D eigenvalue weighted by atomic mass is 10.2. The molecule has 0 saturated carbocycles. The van der Waals surface area contributed by atoms with Gasteiger partial charge < -0.3 is 14.8 Å². The van der Waals surface area contributed by atoms with Crippen molar-refractivity contribution in [3.05, 3.63) is 62.6 Å². The second-order valence-electron chi connectivity index (χ2n) is 6.44. The molecule has 0 unspecified atom stereocenters. The lowest BCUT2D eigenvalue weighted by Gasteiger charge is -2.35. The second-order valence-corrected chi connectivity index (χ2v) is 7.36. The maximum atomic E-state index is 14.1. The number of benzene rings is 1. The molecule has 3 aromatic rings. The van der Waals surface area contributed by atoms with Gasteiger partial charge in [-0.1, -0.05) is 15.9 Å². The molecule has 3 heterocycles. The number of amides is 1. The van der Waals surface area contributed by atoms with E-state index in [0.29, 0.717) is 53.1 Å². The molecule has 0 spiro atoms. The van der Waals surface area contributed by atoms with Crippen LogP contribution in [0, 0.1) is 15.9 Å². The number of carbonyl (C=O) groups is 1. The Morgan fingerprint density at radius 1 is 1.21 bits per heavy atom. The summed E-state index contributed by atoms with van der Waals surface area (Å²) in [5, 5.41) is 11.1. The van der Waals surface area contributed by atoms with Gasteiger partial charge in [-0.05, 0) is 24.3 Å². The Kier molecular flexibility index (Phi) is 4.71. The fourth-order valence-corrected chi connectivity index (χ4v) is 3.69. The molecule has 1 fully saturated rings. The molecule has 1 aliphatic heterocycles. The highest BCUT2D eigenvalue weighted by Gasteiger charge is 2.24. The molecule has 10 heteroatoms. The summed E-state index contributed by atoms with van der Waals surface area (Å²) in [5.74, 6) is 0.0482. The summed E-state index contributed by atoms with van der Waals surface area (Å²) in [4.78, 5) is 33.8. The van der Waals surface area contributed by atoms with Crippen molar-refractivity contribution >= 4 is 44.2 Å². The summed E-state index contributed by atoms with van der Waals surface area (Å²) in [7, 11) is 0. The molecule has 0 radical (unpaired) electrons. The van der Waals surface area contributed by atoms with Crippen LogP contribution in [0.4, 0.5) is 15.9 Å². The lowest BCUT2D eigenvalue weighted by molar-refractivity contribution is -0.385. The number of aromatic amines is 1. The third-order valence-corrected chi connectivity index (χ3v) is 5.17. The quantitative estimate of drug-likeness (QED) is 0.490. The van der Waals surface area contributed by atoms with Crippen LogP contribution in [0.2, 0.25) is 0 Å². The van der Waals surface area contributed by atoms with Crippen molar-refractivity contribution in [2.75, 3.05) is 31.1 Å². The highest BCUT2D eigenvalue weighted by molar-refractivity contribution is 9.10. The summed E-state index contributed by atoms with van der Waals surface area (Å²) in [6.07, 6.45) is 1.23. The fourth-order valence-electron chi connectivity index (χ4n) is 3.26. The topological polar surface area (TPSA) is 95.4 Å². The van der Waals surface area contributed by atoms with Gasteiger partial charge in [0.2, 0.25) is 0 Å². The average Bonchev–Trinajstić information content (AvgIpc) is 3.12. The zero-order valence-corrected chi connectivity index (χ0v) is 16.1. The molecule has 0 bridgehead atoms. The van der Waals surface area contributed by atoms with Gasteiger partial charge in [0.1, 0.15) is 23.5 Å². The third kappa shape index (κ3) is 3.42. The number of piperazine rings is 1. The predicted octanol–water partition coefficient (Wildman–Crippen LogP) is 3.34. The molecule has 1 amide bonds. The zero-order valence-electron chi connectivity index (χ0n) is 14.6. The van der Waals surface area contributed by atoms with Crippen LogP contribution in [0.15, 0.2) is 41.0 Å². The molecule has 8 nitrogen and oxygen atoms in total. The summed E-state index contributed by atoms with van der Waals surface area (Å²) in [6.45, 7) is 2.05. The number of halogens is 2. The fraction of sp³-hybridized carbons (Fsp3) is 0.222. The number of nitrogens with zero attached hydrogens (tertiary/aromatic N) is 4. The number of fused-ring (bicyclic) bond motifs is 1. The molecule has 1 N–H and O–H groups in total. The van der Waals surface area contributed by atoms with Gasteiger partial charge in [-0.25, -0.2) is 9.37 Å². The number of H-pyrrole nitrogens is 1. The van der Waals surface area contributed by atoms with E-state index in [0.717, 1.165) is 0 Å². The molecule has 2 aromatic heterocycles.